The van der Waals surface area contributed by atoms with Crippen LogP contribution in [-0.2, 0) is 53.8 Å². The van der Waals surface area contributed by atoms with Crippen molar-refractivity contribution in [2.75, 3.05) is 32.4 Å². The molecule has 0 unspecified atom stereocenters. The Morgan fingerprint density at radius 3 is 1.46 bits per heavy atom. The van der Waals surface area contributed by atoms with E-state index in [4.69, 9.17) is 66.8 Å². The molecule has 0 bridgehead atoms. The molecule has 0 spiro atoms. The number of aromatic nitrogens is 10. The van der Waals surface area contributed by atoms with Gasteiger partial charge in [-0.25, -0.2) is 54.1 Å². The van der Waals surface area contributed by atoms with Crippen molar-refractivity contribution in [2.24, 2.45) is 11.5 Å². The first-order chi connectivity index (χ1) is 45.2. The number of nitrogens with one attached hydrogen (secondary N) is 3. The van der Waals surface area contributed by atoms with E-state index < -0.39 is 57.7 Å². The molecule has 0 saturated heterocycles. The van der Waals surface area contributed by atoms with Crippen LogP contribution in [-0.4, -0.2) is 158 Å². The molecule has 0 atom stereocenters. The molecule has 0 aliphatic carbocycles. The minimum Gasteiger partial charge on any atom is -1.00 e. The number of nitrogens with zero attached hydrogens (tertiary/aromatic N) is 7. The second-order valence-corrected chi connectivity index (χ2v) is 26.0. The van der Waals surface area contributed by atoms with Crippen LogP contribution in [0.4, 0.5) is 36.3 Å². The Morgan fingerprint density at radius 1 is 0.700 bits per heavy atom. The van der Waals surface area contributed by atoms with Gasteiger partial charge < -0.3 is 75.7 Å². The SMILES string of the molecule is CC(=O)c1ncsc1CBr.CC(=O)c1ncsc1CSc1nc(C(F)(F)F)cc(=O)[nH]1.CC=O.COC(=O)C(Cl)Cl.COC(=O)c1nc(N)sc1C.COC(=O)c1ncsc1C.Cc1scnc1C=O.Cc1scnc1CO.ClCCl.NC(N)=O.O=c1cc(C(F)(F)F)[nH]c(=S)[nH]1.[Br-].[CH3-].[Mg+2]. The van der Waals surface area contributed by atoms with E-state index in [1.165, 1.54) is 104 Å². The molecular weight excluding hydrogens is 1730 g/mol. The maximum atomic E-state index is 12.6. The van der Waals surface area contributed by atoms with Gasteiger partial charge in [0.2, 0.25) is 4.84 Å². The number of aryl methyl sites for hydroxylation is 4. The van der Waals surface area contributed by atoms with E-state index >= 15 is 0 Å². The van der Waals surface area contributed by atoms with E-state index in [9.17, 15) is 64.7 Å². The third kappa shape index (κ3) is 46.3. The van der Waals surface area contributed by atoms with Crippen molar-refractivity contribution in [2.45, 2.75) is 88.5 Å². The van der Waals surface area contributed by atoms with Crippen molar-refractivity contribution in [1.82, 2.24) is 49.8 Å². The van der Waals surface area contributed by atoms with Crippen LogP contribution in [0.15, 0.2) is 54.4 Å². The molecular formula is C52H61Br2Cl4F6MgN13O14S8. The summed E-state index contributed by atoms with van der Waals surface area (Å²) in [4.78, 5) is 140. The normalized spacial score (nSPS) is 9.51. The molecule has 8 aromatic rings. The summed E-state index contributed by atoms with van der Waals surface area (Å²) in [7, 11) is 3.89. The number of carbonyl (C=O) groups excluding carboxylic acids is 8. The molecule has 2 amide bonds. The van der Waals surface area contributed by atoms with Crippen molar-refractivity contribution in [3.8, 4) is 0 Å². The molecule has 8 rings (SSSR count). The molecule has 0 aliphatic heterocycles. The van der Waals surface area contributed by atoms with Gasteiger partial charge in [0.15, 0.2) is 50.0 Å². The van der Waals surface area contributed by atoms with Gasteiger partial charge in [-0.2, -0.15) is 26.3 Å². The van der Waals surface area contributed by atoms with E-state index in [0.717, 1.165) is 54.4 Å². The number of nitrogen functional groups attached to an aromatic ring is 1. The fraction of sp³-hybridized carbons (Fsp3) is 0.327. The summed E-state index contributed by atoms with van der Waals surface area (Å²) >= 11 is 36.6. The fourth-order valence-electron chi connectivity index (χ4n) is 5.01. The Kier molecular flexibility index (Phi) is 61.4. The Balaban J connectivity index is -0.000000252. The van der Waals surface area contributed by atoms with E-state index in [1.807, 2.05) is 30.7 Å². The number of thioether (sulfide) groups is 1. The van der Waals surface area contributed by atoms with Gasteiger partial charge in [-0.1, -0.05) is 50.9 Å². The molecule has 552 valence electrons. The largest absolute Gasteiger partial charge is 2.00 e. The number of nitrogens with two attached hydrogens (primary N) is 3. The number of ether oxygens (including phenoxy) is 3. The average Bonchev–Trinajstić information content (AvgIpc) is 1.31. The van der Waals surface area contributed by atoms with Crippen LogP contribution in [0.1, 0.15) is 120 Å². The molecule has 100 heavy (non-hydrogen) atoms. The second kappa shape index (κ2) is 58.1. The molecule has 10 N–H and O–H groups in total. The second-order valence-electron chi connectivity index (χ2n) is 15.9. The number of anilines is 1. The quantitative estimate of drug-likeness (QED) is 0.00541. The number of aliphatic hydroxyl groups is 1. The van der Waals surface area contributed by atoms with E-state index in [1.54, 1.807) is 40.3 Å². The third-order valence-electron chi connectivity index (χ3n) is 9.07. The summed E-state index contributed by atoms with van der Waals surface area (Å²) in [5.74, 6) is -1.41. The molecule has 0 fully saturated rings. The van der Waals surface area contributed by atoms with Crippen LogP contribution in [0.5, 0.6) is 0 Å². The molecule has 48 heteroatoms. The van der Waals surface area contributed by atoms with Crippen molar-refractivity contribution in [3.63, 3.8) is 0 Å². The van der Waals surface area contributed by atoms with Gasteiger partial charge >= 0.3 is 59.3 Å². The number of hydrogen-bond donors (Lipinski definition) is 7. The fourth-order valence-corrected chi connectivity index (χ4v) is 10.9. The zero-order valence-electron chi connectivity index (χ0n) is 53.7. The van der Waals surface area contributed by atoms with Crippen LogP contribution in [0.3, 0.4) is 0 Å². The van der Waals surface area contributed by atoms with Gasteiger partial charge in [0, 0.05) is 66.3 Å². The number of alkyl halides is 11. The average molecular weight is 1790 g/mol. The molecule has 0 saturated carbocycles. The first kappa shape index (κ1) is 106. The van der Waals surface area contributed by atoms with Gasteiger partial charge in [0.25, 0.3) is 11.1 Å². The molecule has 0 aliphatic rings. The molecule has 0 aromatic carbocycles. The van der Waals surface area contributed by atoms with Crippen LogP contribution in [0.25, 0.3) is 0 Å². The Labute approximate surface area is 655 Å². The van der Waals surface area contributed by atoms with Crippen molar-refractivity contribution >= 4 is 231 Å². The van der Waals surface area contributed by atoms with Gasteiger partial charge in [0.1, 0.15) is 29.1 Å². The van der Waals surface area contributed by atoms with Gasteiger partial charge in [-0.05, 0) is 46.8 Å². The van der Waals surface area contributed by atoms with E-state index in [2.05, 4.69) is 93.7 Å². The Bertz CT molecular complexity index is 3870. The Morgan fingerprint density at radius 2 is 1.14 bits per heavy atom. The molecule has 0 radical (unpaired) electrons. The van der Waals surface area contributed by atoms with Crippen LogP contribution in [0, 0.1) is 39.9 Å². The minimum absolute atomic E-state index is 0. The maximum absolute atomic E-state index is 12.6. The number of rotatable bonds is 11. The minimum atomic E-state index is -4.68. The van der Waals surface area contributed by atoms with Crippen LogP contribution < -0.4 is 45.3 Å². The predicted octanol–water partition coefficient (Wildman–Crippen LogP) is 9.39. The number of methoxy groups -OCH3 is 3. The van der Waals surface area contributed by atoms with Crippen molar-refractivity contribution in [3.05, 3.63) is 147 Å². The van der Waals surface area contributed by atoms with Crippen LogP contribution >= 0.6 is 154 Å². The molecule has 8 aromatic heterocycles. The van der Waals surface area contributed by atoms with E-state index in [-0.39, 0.29) is 98.3 Å². The summed E-state index contributed by atoms with van der Waals surface area (Å²) in [6, 6.07) is -0.0203. The van der Waals surface area contributed by atoms with Gasteiger partial charge in [-0.3, -0.25) is 29.0 Å². The number of esters is 3. The molecule has 8 heterocycles. The van der Waals surface area contributed by atoms with E-state index in [0.29, 0.717) is 50.2 Å². The maximum Gasteiger partial charge on any atom is 2.00 e. The number of Topliss-reactive ketones (excluding diaryl/α,β-unsaturated/α-hetero) is 2. The number of aromatic amines is 3. The number of halogens is 12. The number of hydrogen-bond acceptors (Lipinski definition) is 30. The third-order valence-corrected chi connectivity index (χ3v) is 16.4. The number of aliphatic hydroxyl groups excluding tert-OH is 1. The zero-order chi connectivity index (χ0) is 75.3. The Hall–Kier alpha value is -5.30. The monoisotopic (exact) mass is 1780 g/mol. The number of aldehydes is 2. The number of H-pyrrole nitrogens is 3. The summed E-state index contributed by atoms with van der Waals surface area (Å²) in [5, 5.41) is 9.70. The van der Waals surface area contributed by atoms with Crippen molar-refractivity contribution in [1.29, 1.82) is 0 Å². The smallest absolute Gasteiger partial charge is 1.00 e. The standard InChI is InChI=1S/C11H8F3N3O2S2.C6H6BrNOS.C6H8N2O2S.C6H7NO2S.C5H3F3N2OS.C5H7NOS.C5H5NOS.C3H4Cl2O2.C2H4O.CH2Cl2.CH4N2O.CH3.BrH.Mg/c1-5(18)9-6(21-4-15-9)3-20-10-16-7(11(12,13)14)2-8(19)17-10;1-4(9)6-5(2-7)10-3-8-6;1-3-4(5(9)10-2)8-6(7)11-3;1-4-5(6(8)9-2)7-3-10-4;6-5(7,8)2-1-3(11)10-4(12)9-2;2*1-4-5(2-7)6-3-8-4;1-7-3(6)2(4)5;1-2-3;2-1-3;2-1(3)4;;;/h2,4H,3H2,1H3,(H,16,17,19);3H,2H2,1H3;1-2H3,(H2,7,8);3H,1-2H3;1H,(H2,9,10,11,12);3,7H,2H2,1H3;2-3H,1H3;2H,1H3;2H,1H3;1H2;(H4,2,3,4);1H3;1H;/q;;;;;;;;;;;-1;;+2/p-1. The topological polar surface area (TPSA) is 434 Å². The number of amides is 2. The summed E-state index contributed by atoms with van der Waals surface area (Å²) in [6.07, 6.45) is -7.73. The first-order valence-electron chi connectivity index (χ1n) is 25.0. The number of ketones is 2. The van der Waals surface area contributed by atoms with Crippen molar-refractivity contribution < 1.29 is 101 Å². The zero-order valence-corrected chi connectivity index (χ0v) is 67.9. The number of urea groups is 1. The summed E-state index contributed by atoms with van der Waals surface area (Å²) in [5.41, 5.74) is 20.9. The number of carbonyl (C=O) groups is 8. The first-order valence-corrected chi connectivity index (χ1v) is 34.6. The van der Waals surface area contributed by atoms with Gasteiger partial charge in [-0.15, -0.1) is 91.2 Å². The van der Waals surface area contributed by atoms with Gasteiger partial charge in [0.05, 0.1) is 66.5 Å². The summed E-state index contributed by atoms with van der Waals surface area (Å²) in [6.45, 7) is 11.8. The predicted molar refractivity (Wildman–Crippen MR) is 381 cm³/mol. The molecule has 27 nitrogen and oxygen atoms in total. The van der Waals surface area contributed by atoms with Crippen LogP contribution in [0.2, 0.25) is 0 Å². The number of thiazole rings is 6. The summed E-state index contributed by atoms with van der Waals surface area (Å²) < 4.78 is 86.1. The number of primary amides is 2.